The highest BCUT2D eigenvalue weighted by atomic mass is 19.1. The quantitative estimate of drug-likeness (QED) is 0.653. The third kappa shape index (κ3) is 3.76. The van der Waals surface area contributed by atoms with E-state index in [1.54, 1.807) is 0 Å². The van der Waals surface area contributed by atoms with Crippen molar-refractivity contribution in [2.24, 2.45) is 0 Å². The molecule has 0 aliphatic carbocycles. The predicted octanol–water partition coefficient (Wildman–Crippen LogP) is 3.01. The Morgan fingerprint density at radius 1 is 0.950 bits per heavy atom. The van der Waals surface area contributed by atoms with E-state index < -0.39 is 24.0 Å². The summed E-state index contributed by atoms with van der Waals surface area (Å²) in [7, 11) is 0. The molecule has 0 atom stereocenters. The Morgan fingerprint density at radius 3 is 2.20 bits per heavy atom. The number of benzene rings is 2. The first-order valence-electron chi connectivity index (χ1n) is 6.04. The molecule has 2 aromatic rings. The van der Waals surface area contributed by atoms with Crippen LogP contribution < -0.4 is 4.74 Å². The van der Waals surface area contributed by atoms with Crippen LogP contribution in [0.3, 0.4) is 0 Å². The molecule has 2 rings (SSSR count). The fraction of sp³-hybridized carbons (Fsp3) is 0.200. The minimum absolute atomic E-state index is 0.151. The Balaban J connectivity index is 1.88. The highest BCUT2D eigenvalue weighted by Gasteiger charge is 2.12. The maximum Gasteiger partial charge on any atom is 0.193 e. The topological polar surface area (TPSA) is 38.7 Å². The second-order valence-corrected chi connectivity index (χ2v) is 4.14. The molecule has 0 aliphatic heterocycles. The Bertz CT molecular complexity index is 535. The number of aliphatic hydroxyl groups excluding tert-OH is 1. The lowest BCUT2D eigenvalue weighted by Crippen LogP contribution is -2.06. The second-order valence-electron chi connectivity index (χ2n) is 4.14. The monoisotopic (exact) mass is 280 g/mol. The third-order valence-corrected chi connectivity index (χ3v) is 2.64. The normalized spacial score (nSPS) is 10.6. The maximum absolute atomic E-state index is 13.5. The van der Waals surface area contributed by atoms with Gasteiger partial charge in [-0.05, 0) is 23.3 Å². The first-order chi connectivity index (χ1) is 9.70. The van der Waals surface area contributed by atoms with E-state index >= 15 is 0 Å². The van der Waals surface area contributed by atoms with Gasteiger partial charge in [0.2, 0.25) is 0 Å². The van der Waals surface area contributed by atoms with Gasteiger partial charge in [-0.3, -0.25) is 0 Å². The lowest BCUT2D eigenvalue weighted by molar-refractivity contribution is 0.000821. The lowest BCUT2D eigenvalue weighted by Gasteiger charge is -2.10. The molecule has 0 unspecified atom stereocenters. The molecular weight excluding hydrogens is 266 g/mol. The maximum atomic E-state index is 13.5. The number of hydrogen-bond acceptors (Lipinski definition) is 3. The molecule has 0 saturated carbocycles. The van der Waals surface area contributed by atoms with Gasteiger partial charge in [0.1, 0.15) is 0 Å². The van der Waals surface area contributed by atoms with Crippen LogP contribution in [0, 0.1) is 11.6 Å². The molecule has 0 fully saturated rings. The van der Waals surface area contributed by atoms with E-state index in [4.69, 9.17) is 14.6 Å². The van der Waals surface area contributed by atoms with Crippen molar-refractivity contribution in [3.8, 4) is 5.75 Å². The molecule has 20 heavy (non-hydrogen) atoms. The zero-order chi connectivity index (χ0) is 14.4. The van der Waals surface area contributed by atoms with Crippen molar-refractivity contribution in [3.05, 3.63) is 65.2 Å². The number of halogens is 2. The number of aliphatic hydroxyl groups is 1. The van der Waals surface area contributed by atoms with Gasteiger partial charge in [0.15, 0.2) is 24.2 Å². The van der Waals surface area contributed by atoms with Crippen LogP contribution in [-0.2, 0) is 18.0 Å². The summed E-state index contributed by atoms with van der Waals surface area (Å²) in [6.45, 7) is -0.404. The third-order valence-electron chi connectivity index (χ3n) is 2.64. The summed E-state index contributed by atoms with van der Waals surface area (Å²) in [5.41, 5.74) is 1.09. The van der Waals surface area contributed by atoms with Crippen molar-refractivity contribution < 1.29 is 23.4 Å². The molecule has 1 N–H and O–H groups in total. The van der Waals surface area contributed by atoms with E-state index in [1.807, 2.05) is 30.3 Å². The summed E-state index contributed by atoms with van der Waals surface area (Å²) in [4.78, 5) is 0. The van der Waals surface area contributed by atoms with Crippen LogP contribution in [0.25, 0.3) is 0 Å². The van der Waals surface area contributed by atoms with Crippen LogP contribution in [0.15, 0.2) is 42.5 Å². The van der Waals surface area contributed by atoms with Gasteiger partial charge in [-0.25, -0.2) is 8.78 Å². The molecule has 0 aromatic heterocycles. The highest BCUT2D eigenvalue weighted by Crippen LogP contribution is 2.23. The van der Waals surface area contributed by atoms with Crippen LogP contribution >= 0.6 is 0 Å². The zero-order valence-corrected chi connectivity index (χ0v) is 10.7. The summed E-state index contributed by atoms with van der Waals surface area (Å²) in [5, 5.41) is 8.82. The van der Waals surface area contributed by atoms with Gasteiger partial charge >= 0.3 is 0 Å². The lowest BCUT2D eigenvalue weighted by atomic mass is 10.2. The molecule has 106 valence electrons. The Kier molecular flexibility index (Phi) is 5.03. The van der Waals surface area contributed by atoms with Crippen molar-refractivity contribution in [3.63, 3.8) is 0 Å². The van der Waals surface area contributed by atoms with E-state index in [-0.39, 0.29) is 12.4 Å². The van der Waals surface area contributed by atoms with Crippen molar-refractivity contribution in [1.82, 2.24) is 0 Å². The molecular formula is C15H14F2O3. The Labute approximate surface area is 115 Å². The average molecular weight is 280 g/mol. The molecule has 0 bridgehead atoms. The summed E-state index contributed by atoms with van der Waals surface area (Å²) in [6, 6.07) is 11.4. The summed E-state index contributed by atoms with van der Waals surface area (Å²) >= 11 is 0. The standard InChI is InChI=1S/C15H14F2O3/c16-13-6-12(8-18)7-14(17)15(13)20-10-19-9-11-4-2-1-3-5-11/h1-7,18H,8-10H2. The molecule has 0 heterocycles. The number of rotatable bonds is 6. The van der Waals surface area contributed by atoms with Crippen LogP contribution in [0.4, 0.5) is 8.78 Å². The summed E-state index contributed by atoms with van der Waals surface area (Å²) in [6.07, 6.45) is 0. The van der Waals surface area contributed by atoms with E-state index in [9.17, 15) is 8.78 Å². The minimum atomic E-state index is -0.864. The number of hydrogen-bond donors (Lipinski definition) is 1. The number of ether oxygens (including phenoxy) is 2. The minimum Gasteiger partial charge on any atom is -0.461 e. The molecule has 0 amide bonds. The van der Waals surface area contributed by atoms with Crippen molar-refractivity contribution >= 4 is 0 Å². The SMILES string of the molecule is OCc1cc(F)c(OCOCc2ccccc2)c(F)c1. The van der Waals surface area contributed by atoms with E-state index in [2.05, 4.69) is 0 Å². The Hall–Kier alpha value is -1.98. The van der Waals surface area contributed by atoms with E-state index in [0.29, 0.717) is 6.61 Å². The van der Waals surface area contributed by atoms with Gasteiger partial charge in [-0.1, -0.05) is 30.3 Å². The molecule has 3 nitrogen and oxygen atoms in total. The van der Waals surface area contributed by atoms with Crippen LogP contribution in [0.5, 0.6) is 5.75 Å². The summed E-state index contributed by atoms with van der Waals surface area (Å²) in [5.74, 6) is -2.23. The molecule has 0 saturated heterocycles. The molecule has 2 aromatic carbocycles. The van der Waals surface area contributed by atoms with Crippen molar-refractivity contribution in [1.29, 1.82) is 0 Å². The van der Waals surface area contributed by atoms with Gasteiger partial charge in [0.05, 0.1) is 13.2 Å². The van der Waals surface area contributed by atoms with Gasteiger partial charge < -0.3 is 14.6 Å². The molecule has 0 radical (unpaired) electrons. The van der Waals surface area contributed by atoms with Gasteiger partial charge in [0, 0.05) is 0 Å². The second kappa shape index (κ2) is 6.98. The zero-order valence-electron chi connectivity index (χ0n) is 10.7. The van der Waals surface area contributed by atoms with Crippen LogP contribution in [0.1, 0.15) is 11.1 Å². The fourth-order valence-electron chi connectivity index (χ4n) is 1.68. The van der Waals surface area contributed by atoms with Gasteiger partial charge in [-0.2, -0.15) is 0 Å². The largest absolute Gasteiger partial charge is 0.461 e. The van der Waals surface area contributed by atoms with Crippen molar-refractivity contribution in [2.75, 3.05) is 6.79 Å². The van der Waals surface area contributed by atoms with Crippen LogP contribution in [-0.4, -0.2) is 11.9 Å². The van der Waals surface area contributed by atoms with Crippen LogP contribution in [0.2, 0.25) is 0 Å². The highest BCUT2D eigenvalue weighted by molar-refractivity contribution is 5.30. The smallest absolute Gasteiger partial charge is 0.193 e. The first kappa shape index (κ1) is 14.4. The first-order valence-corrected chi connectivity index (χ1v) is 6.04. The van der Waals surface area contributed by atoms with E-state index in [1.165, 1.54) is 0 Å². The molecule has 0 spiro atoms. The average Bonchev–Trinajstić information content (AvgIpc) is 2.46. The predicted molar refractivity (Wildman–Crippen MR) is 69.0 cm³/mol. The van der Waals surface area contributed by atoms with E-state index in [0.717, 1.165) is 17.7 Å². The van der Waals surface area contributed by atoms with Gasteiger partial charge in [-0.15, -0.1) is 0 Å². The molecule has 5 heteroatoms. The molecule has 0 aliphatic rings. The van der Waals surface area contributed by atoms with Crippen molar-refractivity contribution in [2.45, 2.75) is 13.2 Å². The Morgan fingerprint density at radius 2 is 1.60 bits per heavy atom. The van der Waals surface area contributed by atoms with Gasteiger partial charge in [0.25, 0.3) is 0 Å². The fourth-order valence-corrected chi connectivity index (χ4v) is 1.68. The summed E-state index contributed by atoms with van der Waals surface area (Å²) < 4.78 is 37.2.